The van der Waals surface area contributed by atoms with E-state index in [1.54, 1.807) is 11.8 Å². The molecule has 5 nitrogen and oxygen atoms in total. The largest absolute Gasteiger partial charge is 0.469 e. The highest BCUT2D eigenvalue weighted by Gasteiger charge is 2.34. The third kappa shape index (κ3) is 4.15. The van der Waals surface area contributed by atoms with Crippen LogP contribution in [0.4, 0.5) is 0 Å². The zero-order valence-electron chi connectivity index (χ0n) is 10.4. The van der Waals surface area contributed by atoms with Crippen molar-refractivity contribution >= 4 is 27.6 Å². The number of rotatable bonds is 4. The minimum atomic E-state index is -3.11. The highest BCUT2D eigenvalue weighted by atomic mass is 32.2. The van der Waals surface area contributed by atoms with Gasteiger partial charge in [-0.05, 0) is 6.92 Å². The Morgan fingerprint density at radius 1 is 1.59 bits per heavy atom. The van der Waals surface area contributed by atoms with Gasteiger partial charge in [0.05, 0.1) is 13.5 Å². The molecule has 1 aliphatic heterocycles. The van der Waals surface area contributed by atoms with E-state index in [-0.39, 0.29) is 18.4 Å². The van der Waals surface area contributed by atoms with Crippen LogP contribution in [0.15, 0.2) is 0 Å². The summed E-state index contributed by atoms with van der Waals surface area (Å²) in [6.07, 6.45) is 1.48. The van der Waals surface area contributed by atoms with Gasteiger partial charge in [0.25, 0.3) is 0 Å². The third-order valence-corrected chi connectivity index (χ3v) is 5.53. The van der Waals surface area contributed by atoms with Gasteiger partial charge in [0.2, 0.25) is 0 Å². The Balaban J connectivity index is 2.74. The monoisotopic (exact) mass is 281 g/mol. The van der Waals surface area contributed by atoms with Crippen molar-refractivity contribution in [3.05, 3.63) is 0 Å². The number of hydrogen-bond acceptors (Lipinski definition) is 6. The van der Waals surface area contributed by atoms with Gasteiger partial charge < -0.3 is 4.74 Å². The molecular formula is C10H19NO4S2. The molecule has 0 spiro atoms. The van der Waals surface area contributed by atoms with Crippen LogP contribution >= 0.6 is 11.8 Å². The van der Waals surface area contributed by atoms with E-state index in [0.717, 1.165) is 5.75 Å². The summed E-state index contributed by atoms with van der Waals surface area (Å²) in [6, 6.07) is -0.108. The molecule has 0 amide bonds. The van der Waals surface area contributed by atoms with Gasteiger partial charge in [-0.25, -0.2) is 8.42 Å². The van der Waals surface area contributed by atoms with Crippen LogP contribution in [0.3, 0.4) is 0 Å². The number of hydrogen-bond donors (Lipinski definition) is 0. The number of carbonyl (C=O) groups is 1. The molecule has 0 bridgehead atoms. The molecule has 0 aliphatic carbocycles. The quantitative estimate of drug-likeness (QED) is 0.693. The second-order valence-electron chi connectivity index (χ2n) is 4.23. The molecule has 7 heteroatoms. The average molecular weight is 281 g/mol. The lowest BCUT2D eigenvalue weighted by Crippen LogP contribution is -2.51. The maximum atomic E-state index is 11.7. The summed E-state index contributed by atoms with van der Waals surface area (Å²) in [5, 5.41) is -0.485. The van der Waals surface area contributed by atoms with Crippen molar-refractivity contribution in [1.29, 1.82) is 0 Å². The van der Waals surface area contributed by atoms with Crippen LogP contribution in [-0.2, 0) is 19.4 Å². The summed E-state index contributed by atoms with van der Waals surface area (Å²) < 4.78 is 28.0. The molecule has 1 fully saturated rings. The van der Waals surface area contributed by atoms with Crippen molar-refractivity contribution in [2.45, 2.75) is 24.8 Å². The van der Waals surface area contributed by atoms with Crippen LogP contribution in [0.2, 0.25) is 0 Å². The smallest absolute Gasteiger partial charge is 0.307 e. The lowest BCUT2D eigenvalue weighted by molar-refractivity contribution is -0.141. The molecule has 0 aromatic rings. The summed E-state index contributed by atoms with van der Waals surface area (Å²) in [5.74, 6) is 1.17. The van der Waals surface area contributed by atoms with Gasteiger partial charge in [-0.1, -0.05) is 0 Å². The zero-order valence-corrected chi connectivity index (χ0v) is 12.0. The van der Waals surface area contributed by atoms with Gasteiger partial charge in [-0.3, -0.25) is 9.69 Å². The number of ether oxygens (including phenoxy) is 1. The van der Waals surface area contributed by atoms with Gasteiger partial charge >= 0.3 is 5.97 Å². The van der Waals surface area contributed by atoms with Crippen molar-refractivity contribution in [3.8, 4) is 0 Å². The molecule has 1 aliphatic rings. The summed E-state index contributed by atoms with van der Waals surface area (Å²) in [6.45, 7) is 2.56. The molecule has 0 aromatic heterocycles. The lowest BCUT2D eigenvalue weighted by atomic mass is 10.2. The Morgan fingerprint density at radius 2 is 2.24 bits per heavy atom. The first-order chi connectivity index (χ1) is 7.86. The fraction of sp³-hybridized carbons (Fsp3) is 0.900. The van der Waals surface area contributed by atoms with Gasteiger partial charge in [-0.15, -0.1) is 0 Å². The normalized spacial score (nSPS) is 24.3. The summed E-state index contributed by atoms with van der Waals surface area (Å²) >= 11 is 1.64. The predicted molar refractivity (Wildman–Crippen MR) is 68.8 cm³/mol. The van der Waals surface area contributed by atoms with Crippen LogP contribution in [0.1, 0.15) is 13.3 Å². The van der Waals surface area contributed by atoms with Crippen LogP contribution in [0, 0.1) is 0 Å². The second kappa shape index (κ2) is 6.06. The minimum absolute atomic E-state index is 0.108. The molecule has 1 heterocycles. The molecule has 0 aromatic carbocycles. The van der Waals surface area contributed by atoms with Crippen LogP contribution in [0.5, 0.6) is 0 Å². The van der Waals surface area contributed by atoms with E-state index in [1.165, 1.54) is 13.4 Å². The molecular weight excluding hydrogens is 262 g/mol. The van der Waals surface area contributed by atoms with Crippen LogP contribution in [-0.4, -0.2) is 62.1 Å². The van der Waals surface area contributed by atoms with Crippen molar-refractivity contribution in [2.24, 2.45) is 0 Å². The third-order valence-electron chi connectivity index (χ3n) is 2.87. The van der Waals surface area contributed by atoms with E-state index in [0.29, 0.717) is 12.3 Å². The lowest BCUT2D eigenvalue weighted by Gasteiger charge is -2.37. The fourth-order valence-electron chi connectivity index (χ4n) is 1.91. The van der Waals surface area contributed by atoms with Crippen molar-refractivity contribution in [3.63, 3.8) is 0 Å². The van der Waals surface area contributed by atoms with Gasteiger partial charge in [0.15, 0.2) is 9.84 Å². The number of nitrogens with zero attached hydrogens (tertiary/aromatic N) is 1. The van der Waals surface area contributed by atoms with Crippen molar-refractivity contribution in [1.82, 2.24) is 4.90 Å². The van der Waals surface area contributed by atoms with E-state index < -0.39 is 15.2 Å². The Morgan fingerprint density at radius 3 is 2.76 bits per heavy atom. The highest BCUT2D eigenvalue weighted by Crippen LogP contribution is 2.23. The van der Waals surface area contributed by atoms with E-state index in [1.807, 2.05) is 11.8 Å². The van der Waals surface area contributed by atoms with Gasteiger partial charge in [0, 0.05) is 30.3 Å². The molecule has 0 radical (unpaired) electrons. The molecule has 2 unspecified atom stereocenters. The molecule has 0 N–H and O–H groups in total. The summed E-state index contributed by atoms with van der Waals surface area (Å²) in [5.41, 5.74) is 0. The zero-order chi connectivity index (χ0) is 13.1. The van der Waals surface area contributed by atoms with E-state index in [4.69, 9.17) is 0 Å². The SMILES string of the molecule is COC(=O)CC(C)N1CCSCC1S(C)(=O)=O. The molecule has 1 rings (SSSR count). The first-order valence-electron chi connectivity index (χ1n) is 5.45. The minimum Gasteiger partial charge on any atom is -0.469 e. The predicted octanol–water partition coefficient (Wildman–Crippen LogP) is 0.358. The van der Waals surface area contributed by atoms with E-state index in [9.17, 15) is 13.2 Å². The van der Waals surface area contributed by atoms with Crippen LogP contribution in [0.25, 0.3) is 0 Å². The fourth-order valence-corrected chi connectivity index (χ4v) is 4.89. The number of sulfone groups is 1. The molecule has 100 valence electrons. The number of esters is 1. The average Bonchev–Trinajstić information content (AvgIpc) is 2.27. The van der Waals surface area contributed by atoms with Crippen molar-refractivity contribution in [2.75, 3.05) is 31.4 Å². The van der Waals surface area contributed by atoms with Crippen LogP contribution < -0.4 is 0 Å². The molecule has 0 saturated carbocycles. The first kappa shape index (κ1) is 14.8. The Labute approximate surface area is 107 Å². The Hall–Kier alpha value is -0.270. The highest BCUT2D eigenvalue weighted by molar-refractivity contribution is 8.00. The van der Waals surface area contributed by atoms with E-state index in [2.05, 4.69) is 4.74 Å². The summed E-state index contributed by atoms with van der Waals surface area (Å²) in [4.78, 5) is 13.1. The van der Waals surface area contributed by atoms with Gasteiger partial charge in [0.1, 0.15) is 5.37 Å². The second-order valence-corrected chi connectivity index (χ2v) is 7.58. The topological polar surface area (TPSA) is 63.7 Å². The van der Waals surface area contributed by atoms with Crippen molar-refractivity contribution < 1.29 is 17.9 Å². The van der Waals surface area contributed by atoms with Gasteiger partial charge in [-0.2, -0.15) is 11.8 Å². The Bertz CT molecular complexity index is 369. The maximum absolute atomic E-state index is 11.7. The van der Waals surface area contributed by atoms with E-state index >= 15 is 0 Å². The first-order valence-corrected chi connectivity index (χ1v) is 8.56. The number of methoxy groups -OCH3 is 1. The summed E-state index contributed by atoms with van der Waals surface area (Å²) in [7, 11) is -1.77. The maximum Gasteiger partial charge on any atom is 0.307 e. The number of carbonyl (C=O) groups excluding carboxylic acids is 1. The molecule has 2 atom stereocenters. The molecule has 1 saturated heterocycles. The standard InChI is InChI=1S/C10H19NO4S2/c1-8(6-10(12)15-2)11-4-5-16-7-9(11)17(3,13)14/h8-9H,4-7H2,1-3H3. The Kier molecular flexibility index (Phi) is 5.27. The molecule has 17 heavy (non-hydrogen) atoms. The number of thioether (sulfide) groups is 1.